The Kier molecular flexibility index (Phi) is 3.14. The highest BCUT2D eigenvalue weighted by molar-refractivity contribution is 5.85. The zero-order chi connectivity index (χ0) is 12.4. The molecule has 2 nitrogen and oxygen atoms in total. The Labute approximate surface area is 101 Å². The highest BCUT2D eigenvalue weighted by Gasteiger charge is 2.03. The molecular weight excluding hydrogens is 212 g/mol. The molecule has 2 rings (SSSR count). The summed E-state index contributed by atoms with van der Waals surface area (Å²) in [6, 6.07) is 12.1. The number of rotatable bonds is 2. The van der Waals surface area contributed by atoms with Crippen molar-refractivity contribution in [1.29, 1.82) is 0 Å². The van der Waals surface area contributed by atoms with E-state index in [2.05, 4.69) is 32.0 Å². The lowest BCUT2D eigenvalue weighted by Gasteiger charge is -2.08. The number of hydrogen-bond acceptors (Lipinski definition) is 2. The third kappa shape index (κ3) is 2.64. The third-order valence-electron chi connectivity index (χ3n) is 2.76. The van der Waals surface area contributed by atoms with Crippen LogP contribution in [0.5, 0.6) is 5.75 Å². The smallest absolute Gasteiger partial charge is 0.308 e. The highest BCUT2D eigenvalue weighted by atomic mass is 16.5. The van der Waals surface area contributed by atoms with Crippen LogP contribution in [0.15, 0.2) is 36.4 Å². The van der Waals surface area contributed by atoms with Gasteiger partial charge in [0.25, 0.3) is 0 Å². The van der Waals surface area contributed by atoms with Crippen molar-refractivity contribution >= 4 is 16.7 Å². The van der Waals surface area contributed by atoms with E-state index >= 15 is 0 Å². The number of carbonyl (C=O) groups excluding carboxylic acids is 1. The van der Waals surface area contributed by atoms with Crippen molar-refractivity contribution in [3.05, 3.63) is 42.0 Å². The van der Waals surface area contributed by atoms with Gasteiger partial charge in [-0.3, -0.25) is 4.79 Å². The van der Waals surface area contributed by atoms with Crippen LogP contribution in [0.2, 0.25) is 0 Å². The predicted octanol–water partition coefficient (Wildman–Crippen LogP) is 3.89. The molecule has 0 aliphatic carbocycles. The standard InChI is InChI=1S/C15H16O2/c1-10(2)13-5-4-12-6-7-15(17-11(3)16)9-14(12)8-13/h4-10H,1-3H3. The molecule has 0 saturated carbocycles. The maximum absolute atomic E-state index is 10.9. The SMILES string of the molecule is CC(=O)Oc1ccc2ccc(C(C)C)cc2c1. The molecule has 0 radical (unpaired) electrons. The quantitative estimate of drug-likeness (QED) is 0.575. The van der Waals surface area contributed by atoms with Crippen LogP contribution < -0.4 is 4.74 Å². The summed E-state index contributed by atoms with van der Waals surface area (Å²) in [7, 11) is 0. The van der Waals surface area contributed by atoms with Crippen molar-refractivity contribution in [3.8, 4) is 5.75 Å². The van der Waals surface area contributed by atoms with Gasteiger partial charge in [-0.2, -0.15) is 0 Å². The van der Waals surface area contributed by atoms with Gasteiger partial charge < -0.3 is 4.74 Å². The second kappa shape index (κ2) is 4.58. The van der Waals surface area contributed by atoms with Crippen molar-refractivity contribution in [3.63, 3.8) is 0 Å². The van der Waals surface area contributed by atoms with Gasteiger partial charge in [-0.05, 0) is 34.4 Å². The number of ether oxygens (including phenoxy) is 1. The molecule has 0 fully saturated rings. The molecule has 0 aliphatic rings. The van der Waals surface area contributed by atoms with Crippen LogP contribution in [0.25, 0.3) is 10.8 Å². The van der Waals surface area contributed by atoms with Gasteiger partial charge in [0.1, 0.15) is 5.75 Å². The van der Waals surface area contributed by atoms with Gasteiger partial charge >= 0.3 is 5.97 Å². The Morgan fingerprint density at radius 2 is 1.76 bits per heavy atom. The third-order valence-corrected chi connectivity index (χ3v) is 2.76. The zero-order valence-corrected chi connectivity index (χ0v) is 10.4. The molecule has 0 N–H and O–H groups in total. The monoisotopic (exact) mass is 228 g/mol. The first-order valence-electron chi connectivity index (χ1n) is 5.78. The van der Waals surface area contributed by atoms with Gasteiger partial charge in [0.05, 0.1) is 0 Å². The van der Waals surface area contributed by atoms with Crippen LogP contribution in [0.4, 0.5) is 0 Å². The van der Waals surface area contributed by atoms with E-state index in [0.29, 0.717) is 11.7 Å². The number of fused-ring (bicyclic) bond motifs is 1. The predicted molar refractivity (Wildman–Crippen MR) is 69.3 cm³/mol. The topological polar surface area (TPSA) is 26.3 Å². The van der Waals surface area contributed by atoms with Crippen LogP contribution in [-0.4, -0.2) is 5.97 Å². The van der Waals surface area contributed by atoms with E-state index < -0.39 is 0 Å². The fourth-order valence-electron chi connectivity index (χ4n) is 1.83. The molecule has 2 aromatic rings. The number of esters is 1. The molecule has 17 heavy (non-hydrogen) atoms. The maximum atomic E-state index is 10.9. The molecule has 0 amide bonds. The Hall–Kier alpha value is -1.83. The average molecular weight is 228 g/mol. The minimum atomic E-state index is -0.288. The summed E-state index contributed by atoms with van der Waals surface area (Å²) >= 11 is 0. The molecule has 0 spiro atoms. The summed E-state index contributed by atoms with van der Waals surface area (Å²) in [6.07, 6.45) is 0. The van der Waals surface area contributed by atoms with Crippen LogP contribution in [0.1, 0.15) is 32.3 Å². The van der Waals surface area contributed by atoms with Crippen molar-refractivity contribution in [2.45, 2.75) is 26.7 Å². The fraction of sp³-hybridized carbons (Fsp3) is 0.267. The van der Waals surface area contributed by atoms with Crippen molar-refractivity contribution in [2.75, 3.05) is 0 Å². The maximum Gasteiger partial charge on any atom is 0.308 e. The van der Waals surface area contributed by atoms with E-state index in [1.165, 1.54) is 12.5 Å². The van der Waals surface area contributed by atoms with Gasteiger partial charge in [-0.25, -0.2) is 0 Å². The lowest BCUT2D eigenvalue weighted by Crippen LogP contribution is -2.00. The van der Waals surface area contributed by atoms with Gasteiger partial charge in [-0.15, -0.1) is 0 Å². The second-order valence-corrected chi connectivity index (χ2v) is 4.52. The summed E-state index contributed by atoms with van der Waals surface area (Å²) in [4.78, 5) is 10.9. The van der Waals surface area contributed by atoms with Gasteiger partial charge in [0.2, 0.25) is 0 Å². The molecule has 0 unspecified atom stereocenters. The molecule has 0 heterocycles. The summed E-state index contributed by atoms with van der Waals surface area (Å²) in [5.41, 5.74) is 1.29. The Morgan fingerprint density at radius 1 is 1.06 bits per heavy atom. The molecule has 2 heteroatoms. The largest absolute Gasteiger partial charge is 0.427 e. The minimum absolute atomic E-state index is 0.288. The molecule has 0 aromatic heterocycles. The van der Waals surface area contributed by atoms with Crippen molar-refractivity contribution < 1.29 is 9.53 Å². The molecule has 0 aliphatic heterocycles. The molecule has 0 bridgehead atoms. The van der Waals surface area contributed by atoms with E-state index in [0.717, 1.165) is 10.8 Å². The average Bonchev–Trinajstić information content (AvgIpc) is 2.27. The first-order valence-corrected chi connectivity index (χ1v) is 5.78. The van der Waals surface area contributed by atoms with Crippen LogP contribution in [0, 0.1) is 0 Å². The first kappa shape index (κ1) is 11.6. The summed E-state index contributed by atoms with van der Waals surface area (Å²) in [6.45, 7) is 5.74. The van der Waals surface area contributed by atoms with Gasteiger partial charge in [-0.1, -0.05) is 38.1 Å². The normalized spacial score (nSPS) is 10.8. The van der Waals surface area contributed by atoms with Crippen LogP contribution in [0.3, 0.4) is 0 Å². The molecule has 2 aromatic carbocycles. The molecule has 0 atom stereocenters. The highest BCUT2D eigenvalue weighted by Crippen LogP contribution is 2.25. The van der Waals surface area contributed by atoms with E-state index in [1.54, 1.807) is 0 Å². The van der Waals surface area contributed by atoms with Crippen LogP contribution >= 0.6 is 0 Å². The lowest BCUT2D eigenvalue weighted by molar-refractivity contribution is -0.131. The fourth-order valence-corrected chi connectivity index (χ4v) is 1.83. The number of hydrogen-bond donors (Lipinski definition) is 0. The Balaban J connectivity index is 2.46. The summed E-state index contributed by atoms with van der Waals surface area (Å²) in [5, 5.41) is 2.26. The van der Waals surface area contributed by atoms with Crippen molar-refractivity contribution in [1.82, 2.24) is 0 Å². The lowest BCUT2D eigenvalue weighted by atomic mass is 9.99. The second-order valence-electron chi connectivity index (χ2n) is 4.52. The molecule has 88 valence electrons. The Bertz CT molecular complexity index is 556. The molecule has 0 saturated heterocycles. The summed E-state index contributed by atoms with van der Waals surface area (Å²) < 4.78 is 5.08. The minimum Gasteiger partial charge on any atom is -0.427 e. The van der Waals surface area contributed by atoms with Crippen LogP contribution in [-0.2, 0) is 4.79 Å². The van der Waals surface area contributed by atoms with E-state index in [-0.39, 0.29) is 5.97 Å². The first-order chi connectivity index (χ1) is 8.06. The number of benzene rings is 2. The zero-order valence-electron chi connectivity index (χ0n) is 10.4. The summed E-state index contributed by atoms with van der Waals surface area (Å²) in [5.74, 6) is 0.812. The van der Waals surface area contributed by atoms with Gasteiger partial charge in [0, 0.05) is 6.92 Å². The van der Waals surface area contributed by atoms with E-state index in [4.69, 9.17) is 4.74 Å². The van der Waals surface area contributed by atoms with E-state index in [1.807, 2.05) is 18.2 Å². The Morgan fingerprint density at radius 3 is 2.41 bits per heavy atom. The van der Waals surface area contributed by atoms with Gasteiger partial charge in [0.15, 0.2) is 0 Å². The number of carbonyl (C=O) groups is 1. The molecular formula is C15H16O2. The van der Waals surface area contributed by atoms with Crippen molar-refractivity contribution in [2.24, 2.45) is 0 Å². The van der Waals surface area contributed by atoms with E-state index in [9.17, 15) is 4.79 Å².